The first-order valence-corrected chi connectivity index (χ1v) is 8.52. The van der Waals surface area contributed by atoms with E-state index in [1.165, 1.54) is 57.9 Å². The molecule has 1 unspecified atom stereocenters. The normalized spacial score (nSPS) is 13.5. The summed E-state index contributed by atoms with van der Waals surface area (Å²) in [5.41, 5.74) is 0. The fourth-order valence-electron chi connectivity index (χ4n) is 2.44. The van der Waals surface area contributed by atoms with Gasteiger partial charge in [-0.3, -0.25) is 0 Å². The van der Waals surface area contributed by atoms with Crippen LogP contribution in [0.5, 0.6) is 0 Å². The summed E-state index contributed by atoms with van der Waals surface area (Å²) in [5, 5.41) is 0. The Morgan fingerprint density at radius 2 is 1.33 bits per heavy atom. The van der Waals surface area contributed by atoms with Crippen molar-refractivity contribution in [1.29, 1.82) is 0 Å². The fraction of sp³-hybridized carbons (Fsp3) is 1.00. The molecule has 0 aliphatic rings. The Bertz CT molecular complexity index is 170. The molecule has 0 radical (unpaired) electrons. The van der Waals surface area contributed by atoms with Gasteiger partial charge in [0.1, 0.15) is 0 Å². The third-order valence-electron chi connectivity index (χ3n) is 3.73. The molecular weight excluding hydrogens is 238 g/mol. The minimum Gasteiger partial charge on any atom is -0.304 e. The van der Waals surface area contributed by atoms with Crippen molar-refractivity contribution in [2.24, 2.45) is 5.92 Å². The Morgan fingerprint density at radius 3 is 1.83 bits per heavy atom. The third kappa shape index (κ3) is 11.4. The maximum atomic E-state index is 4.24. The molecule has 2 heteroatoms. The van der Waals surface area contributed by atoms with Crippen LogP contribution in [-0.4, -0.2) is 30.3 Å². The Morgan fingerprint density at radius 1 is 0.833 bits per heavy atom. The molecule has 18 heavy (non-hydrogen) atoms. The van der Waals surface area contributed by atoms with Crippen LogP contribution < -0.4 is 0 Å². The highest BCUT2D eigenvalue weighted by molar-refractivity contribution is 7.80. The van der Waals surface area contributed by atoms with E-state index < -0.39 is 0 Å². The van der Waals surface area contributed by atoms with Crippen molar-refractivity contribution in [3.8, 4) is 0 Å². The van der Waals surface area contributed by atoms with Crippen LogP contribution in [0.15, 0.2) is 0 Å². The first-order valence-electron chi connectivity index (χ1n) is 7.89. The Labute approximate surface area is 121 Å². The fourth-order valence-corrected chi connectivity index (χ4v) is 2.66. The molecule has 0 aromatic heterocycles. The summed E-state index contributed by atoms with van der Waals surface area (Å²) in [4.78, 5) is 2.53. The molecule has 0 bridgehead atoms. The zero-order chi connectivity index (χ0) is 13.8. The minimum absolute atomic E-state index is 0.736. The van der Waals surface area contributed by atoms with Crippen molar-refractivity contribution in [1.82, 2.24) is 4.90 Å². The number of rotatable bonds is 12. The Balaban J connectivity index is 3.32. The van der Waals surface area contributed by atoms with E-state index in [-0.39, 0.29) is 0 Å². The second-order valence-corrected chi connectivity index (χ2v) is 6.60. The molecular formula is C16H35NS. The predicted octanol–water partition coefficient (Wildman–Crippen LogP) is 5.01. The molecule has 0 aliphatic carbocycles. The molecule has 0 rings (SSSR count). The van der Waals surface area contributed by atoms with Crippen LogP contribution in [0.3, 0.4) is 0 Å². The van der Waals surface area contributed by atoms with E-state index in [0.29, 0.717) is 0 Å². The highest BCUT2D eigenvalue weighted by atomic mass is 32.1. The van der Waals surface area contributed by atoms with Crippen molar-refractivity contribution in [3.63, 3.8) is 0 Å². The molecule has 0 aliphatic heterocycles. The van der Waals surface area contributed by atoms with Gasteiger partial charge in [-0.2, -0.15) is 12.6 Å². The number of thiol groups is 1. The van der Waals surface area contributed by atoms with Gasteiger partial charge in [-0.15, -0.1) is 0 Å². The molecule has 1 nitrogen and oxygen atoms in total. The highest BCUT2D eigenvalue weighted by Crippen LogP contribution is 2.12. The largest absolute Gasteiger partial charge is 0.304 e. The van der Waals surface area contributed by atoms with Crippen LogP contribution in [0.1, 0.15) is 72.1 Å². The Hall–Kier alpha value is 0.310. The number of unbranched alkanes of at least 4 members (excludes halogenated alkanes) is 6. The van der Waals surface area contributed by atoms with Gasteiger partial charge in [0.15, 0.2) is 0 Å². The van der Waals surface area contributed by atoms with Crippen LogP contribution >= 0.6 is 12.6 Å². The molecule has 110 valence electrons. The van der Waals surface area contributed by atoms with Gasteiger partial charge in [-0.1, -0.05) is 46.0 Å². The number of nitrogens with zero attached hydrogens (tertiary/aromatic N) is 1. The molecule has 1 atom stereocenters. The molecule has 0 heterocycles. The number of hydrogen-bond donors (Lipinski definition) is 1. The summed E-state index contributed by atoms with van der Waals surface area (Å²) >= 11 is 4.24. The van der Waals surface area contributed by atoms with Gasteiger partial charge in [0.2, 0.25) is 0 Å². The molecule has 0 spiro atoms. The van der Waals surface area contributed by atoms with Crippen molar-refractivity contribution in [2.45, 2.75) is 78.2 Å². The monoisotopic (exact) mass is 273 g/mol. The molecule has 0 aromatic rings. The Kier molecular flexibility index (Phi) is 12.6. The van der Waals surface area contributed by atoms with Gasteiger partial charge in [-0.05, 0) is 51.4 Å². The lowest BCUT2D eigenvalue weighted by Gasteiger charge is -2.26. The summed E-state index contributed by atoms with van der Waals surface area (Å²) in [6.45, 7) is 8.26. The third-order valence-corrected chi connectivity index (χ3v) is 4.05. The number of hydrogen-bond acceptors (Lipinski definition) is 2. The highest BCUT2D eigenvalue weighted by Gasteiger charge is 2.09. The van der Waals surface area contributed by atoms with Gasteiger partial charge in [-0.25, -0.2) is 0 Å². The second-order valence-electron chi connectivity index (χ2n) is 6.16. The van der Waals surface area contributed by atoms with Gasteiger partial charge in [0.05, 0.1) is 0 Å². The smallest absolute Gasteiger partial charge is 0.00663 e. The standard InChI is InChI=1S/C16H35NS/c1-15(2)14-16(3)17(4)12-10-8-6-5-7-9-11-13-18/h15-16,18H,5-14H2,1-4H3. The first kappa shape index (κ1) is 18.3. The minimum atomic E-state index is 0.736. The first-order chi connectivity index (χ1) is 8.57. The van der Waals surface area contributed by atoms with E-state index in [4.69, 9.17) is 0 Å². The molecule has 0 fully saturated rings. The van der Waals surface area contributed by atoms with Crippen LogP contribution in [0.2, 0.25) is 0 Å². The lowest BCUT2D eigenvalue weighted by molar-refractivity contribution is 0.223. The summed E-state index contributed by atoms with van der Waals surface area (Å²) < 4.78 is 0. The second kappa shape index (κ2) is 12.3. The van der Waals surface area contributed by atoms with Gasteiger partial charge in [0, 0.05) is 6.04 Å². The SMILES string of the molecule is CC(C)CC(C)N(C)CCCCCCCCCS. The van der Waals surface area contributed by atoms with Gasteiger partial charge < -0.3 is 4.90 Å². The van der Waals surface area contributed by atoms with E-state index >= 15 is 0 Å². The van der Waals surface area contributed by atoms with E-state index in [1.54, 1.807) is 0 Å². The van der Waals surface area contributed by atoms with Crippen molar-refractivity contribution >= 4 is 12.6 Å². The maximum absolute atomic E-state index is 4.24. The summed E-state index contributed by atoms with van der Waals surface area (Å²) in [5.74, 6) is 1.87. The average molecular weight is 274 g/mol. The topological polar surface area (TPSA) is 3.24 Å². The van der Waals surface area contributed by atoms with Crippen LogP contribution in [0.25, 0.3) is 0 Å². The molecule has 0 saturated heterocycles. The van der Waals surface area contributed by atoms with E-state index in [1.807, 2.05) is 0 Å². The van der Waals surface area contributed by atoms with Crippen molar-refractivity contribution in [3.05, 3.63) is 0 Å². The van der Waals surface area contributed by atoms with Gasteiger partial charge in [0.25, 0.3) is 0 Å². The van der Waals surface area contributed by atoms with Gasteiger partial charge >= 0.3 is 0 Å². The quantitative estimate of drug-likeness (QED) is 0.386. The summed E-state index contributed by atoms with van der Waals surface area (Å²) in [6, 6.07) is 0.736. The average Bonchev–Trinajstić information content (AvgIpc) is 2.31. The summed E-state index contributed by atoms with van der Waals surface area (Å²) in [6.07, 6.45) is 11.0. The predicted molar refractivity (Wildman–Crippen MR) is 87.7 cm³/mol. The van der Waals surface area contributed by atoms with Crippen LogP contribution in [0, 0.1) is 5.92 Å². The van der Waals surface area contributed by atoms with Crippen molar-refractivity contribution < 1.29 is 0 Å². The lowest BCUT2D eigenvalue weighted by atomic mass is 10.0. The van der Waals surface area contributed by atoms with E-state index in [0.717, 1.165) is 17.7 Å². The molecule has 0 aromatic carbocycles. The molecule has 0 N–H and O–H groups in total. The zero-order valence-electron chi connectivity index (χ0n) is 13.1. The van der Waals surface area contributed by atoms with Crippen molar-refractivity contribution in [2.75, 3.05) is 19.3 Å². The maximum Gasteiger partial charge on any atom is 0.00663 e. The van der Waals surface area contributed by atoms with Crippen LogP contribution in [0.4, 0.5) is 0 Å². The molecule has 0 amide bonds. The van der Waals surface area contributed by atoms with E-state index in [9.17, 15) is 0 Å². The summed E-state index contributed by atoms with van der Waals surface area (Å²) in [7, 11) is 2.28. The molecule has 0 saturated carbocycles. The lowest BCUT2D eigenvalue weighted by Crippen LogP contribution is -2.31. The zero-order valence-corrected chi connectivity index (χ0v) is 14.0. The van der Waals surface area contributed by atoms with E-state index in [2.05, 4.69) is 45.3 Å². The van der Waals surface area contributed by atoms with Crippen LogP contribution in [-0.2, 0) is 0 Å².